The van der Waals surface area contributed by atoms with E-state index in [1.165, 1.54) is 6.07 Å². The quantitative estimate of drug-likeness (QED) is 0.701. The maximum Gasteiger partial charge on any atom is 0.344 e. The van der Waals surface area contributed by atoms with Crippen molar-refractivity contribution in [3.63, 3.8) is 0 Å². The van der Waals surface area contributed by atoms with E-state index in [1.54, 1.807) is 31.3 Å². The van der Waals surface area contributed by atoms with Crippen LogP contribution in [0, 0.1) is 0 Å². The zero-order valence-electron chi connectivity index (χ0n) is 12.4. The van der Waals surface area contributed by atoms with Crippen LogP contribution in [0.25, 0.3) is 22.6 Å². The summed E-state index contributed by atoms with van der Waals surface area (Å²) in [6.07, 6.45) is 1.65. The summed E-state index contributed by atoms with van der Waals surface area (Å²) in [5.74, 6) is 0.409. The molecule has 3 aromatic rings. The van der Waals surface area contributed by atoms with Crippen molar-refractivity contribution in [2.75, 3.05) is 13.2 Å². The summed E-state index contributed by atoms with van der Waals surface area (Å²) in [6, 6.07) is 8.39. The van der Waals surface area contributed by atoms with Crippen molar-refractivity contribution in [2.24, 2.45) is 0 Å². The minimum absolute atomic E-state index is 0.00888. The van der Waals surface area contributed by atoms with Gasteiger partial charge in [0.15, 0.2) is 12.3 Å². The Morgan fingerprint density at radius 2 is 2.22 bits per heavy atom. The van der Waals surface area contributed by atoms with Crippen molar-refractivity contribution < 1.29 is 19.4 Å². The Kier molecular flexibility index (Phi) is 4.09. The van der Waals surface area contributed by atoms with E-state index in [4.69, 9.17) is 9.47 Å². The Morgan fingerprint density at radius 1 is 1.35 bits per heavy atom. The fourth-order valence-corrected chi connectivity index (χ4v) is 2.12. The lowest BCUT2D eigenvalue weighted by Gasteiger charge is -2.07. The number of carbonyl (C=O) groups is 1. The van der Waals surface area contributed by atoms with E-state index >= 15 is 0 Å². The van der Waals surface area contributed by atoms with Gasteiger partial charge in [0.2, 0.25) is 0 Å². The summed E-state index contributed by atoms with van der Waals surface area (Å²) < 4.78 is 10.0. The molecule has 0 amide bonds. The maximum atomic E-state index is 11.3. The van der Waals surface area contributed by atoms with Crippen LogP contribution in [0.3, 0.4) is 0 Å². The number of phenolic OH excluding ortho intramolecular Hbond substituents is 1. The van der Waals surface area contributed by atoms with E-state index in [1.807, 2.05) is 6.07 Å². The number of carbonyl (C=O) groups excluding carboxylic acids is 1. The van der Waals surface area contributed by atoms with Gasteiger partial charge in [-0.15, -0.1) is 0 Å². The molecule has 2 heterocycles. The molecule has 1 aromatic carbocycles. The fraction of sp³-hybridized carbons (Fsp3) is 0.188. The largest absolute Gasteiger partial charge is 0.507 e. The Balaban J connectivity index is 1.80. The molecule has 0 aliphatic rings. The highest BCUT2D eigenvalue weighted by Gasteiger charge is 2.12. The molecule has 7 heteroatoms. The van der Waals surface area contributed by atoms with Gasteiger partial charge in [-0.2, -0.15) is 0 Å². The van der Waals surface area contributed by atoms with Gasteiger partial charge < -0.3 is 19.6 Å². The number of nitrogens with one attached hydrogen (secondary N) is 1. The van der Waals surface area contributed by atoms with Crippen LogP contribution < -0.4 is 4.74 Å². The molecule has 0 bridgehead atoms. The number of aromatic nitrogens is 3. The number of pyridine rings is 1. The van der Waals surface area contributed by atoms with Crippen molar-refractivity contribution >= 4 is 17.1 Å². The number of aromatic amines is 1. The van der Waals surface area contributed by atoms with Crippen molar-refractivity contribution in [2.45, 2.75) is 6.92 Å². The minimum atomic E-state index is -0.459. The molecule has 0 spiro atoms. The van der Waals surface area contributed by atoms with E-state index in [9.17, 15) is 9.90 Å². The zero-order valence-corrected chi connectivity index (χ0v) is 12.4. The first-order valence-electron chi connectivity index (χ1n) is 7.10. The first-order valence-corrected chi connectivity index (χ1v) is 7.10. The maximum absolute atomic E-state index is 11.3. The molecule has 2 aromatic heterocycles. The molecule has 0 fully saturated rings. The molecule has 7 nitrogen and oxygen atoms in total. The smallest absolute Gasteiger partial charge is 0.344 e. The number of nitrogens with zero attached hydrogens (tertiary/aromatic N) is 2. The van der Waals surface area contributed by atoms with Crippen LogP contribution in [-0.2, 0) is 9.53 Å². The van der Waals surface area contributed by atoms with Crippen LogP contribution in [0.2, 0.25) is 0 Å². The SMILES string of the molecule is CCOC(=O)COc1ccc(-c2nc3ncccc3[nH]2)c(O)c1. The third kappa shape index (κ3) is 3.23. The molecule has 0 atom stereocenters. The summed E-state index contributed by atoms with van der Waals surface area (Å²) in [5, 5.41) is 10.2. The molecule has 0 saturated carbocycles. The third-order valence-electron chi connectivity index (χ3n) is 3.14. The average molecular weight is 313 g/mol. The zero-order chi connectivity index (χ0) is 16.2. The standard InChI is InChI=1S/C16H15N3O4/c1-2-22-14(21)9-23-10-5-6-11(13(20)8-10)15-18-12-4-3-7-17-16(12)19-15/h3-8,20H,2,9H2,1H3,(H,17,18,19). The highest BCUT2D eigenvalue weighted by molar-refractivity contribution is 5.77. The third-order valence-corrected chi connectivity index (χ3v) is 3.14. The lowest BCUT2D eigenvalue weighted by molar-refractivity contribution is -0.145. The monoisotopic (exact) mass is 313 g/mol. The van der Waals surface area contributed by atoms with Crippen LogP contribution in [0.15, 0.2) is 36.5 Å². The van der Waals surface area contributed by atoms with Gasteiger partial charge in [-0.1, -0.05) is 0 Å². The summed E-state index contributed by atoms with van der Waals surface area (Å²) in [5.41, 5.74) is 1.88. The lowest BCUT2D eigenvalue weighted by atomic mass is 10.2. The molecule has 0 aliphatic heterocycles. The highest BCUT2D eigenvalue weighted by atomic mass is 16.6. The number of aromatic hydroxyl groups is 1. The molecule has 2 N–H and O–H groups in total. The van der Waals surface area contributed by atoms with E-state index in [-0.39, 0.29) is 12.4 Å². The topological polar surface area (TPSA) is 97.3 Å². The van der Waals surface area contributed by atoms with Gasteiger partial charge in [0.1, 0.15) is 17.3 Å². The fourth-order valence-electron chi connectivity index (χ4n) is 2.12. The molecular weight excluding hydrogens is 298 g/mol. The second kappa shape index (κ2) is 6.35. The van der Waals surface area contributed by atoms with Crippen molar-refractivity contribution in [3.05, 3.63) is 36.5 Å². The number of benzene rings is 1. The predicted molar refractivity (Wildman–Crippen MR) is 83.1 cm³/mol. The molecule has 0 aliphatic carbocycles. The number of fused-ring (bicyclic) bond motifs is 1. The molecule has 118 valence electrons. The summed E-state index contributed by atoms with van der Waals surface area (Å²) in [6.45, 7) is 1.81. The first kappa shape index (κ1) is 14.8. The second-order valence-electron chi connectivity index (χ2n) is 4.73. The number of hydrogen-bond acceptors (Lipinski definition) is 6. The van der Waals surface area contributed by atoms with E-state index in [0.717, 1.165) is 5.52 Å². The Labute approximate surface area is 131 Å². The van der Waals surface area contributed by atoms with E-state index in [0.29, 0.717) is 29.4 Å². The van der Waals surface area contributed by atoms with E-state index < -0.39 is 5.97 Å². The van der Waals surface area contributed by atoms with Crippen LogP contribution in [0.4, 0.5) is 0 Å². The number of ether oxygens (including phenoxy) is 2. The van der Waals surface area contributed by atoms with Gasteiger partial charge in [-0.05, 0) is 31.2 Å². The molecule has 23 heavy (non-hydrogen) atoms. The van der Waals surface area contributed by atoms with Crippen molar-refractivity contribution in [1.29, 1.82) is 0 Å². The molecule has 3 rings (SSSR count). The van der Waals surface area contributed by atoms with Gasteiger partial charge in [0.25, 0.3) is 0 Å². The number of phenols is 1. The summed E-state index contributed by atoms with van der Waals surface area (Å²) >= 11 is 0. The molecule has 0 unspecified atom stereocenters. The number of rotatable bonds is 5. The Morgan fingerprint density at radius 3 is 2.96 bits per heavy atom. The van der Waals surface area contributed by atoms with Crippen molar-refractivity contribution in [1.82, 2.24) is 15.0 Å². The van der Waals surface area contributed by atoms with Crippen molar-refractivity contribution in [3.8, 4) is 22.9 Å². The minimum Gasteiger partial charge on any atom is -0.507 e. The van der Waals surface area contributed by atoms with Crippen LogP contribution in [-0.4, -0.2) is 39.2 Å². The number of imidazole rings is 1. The summed E-state index contributed by atoms with van der Waals surface area (Å²) in [7, 11) is 0. The predicted octanol–water partition coefficient (Wildman–Crippen LogP) is 2.27. The van der Waals surface area contributed by atoms with Gasteiger partial charge in [0, 0.05) is 12.3 Å². The summed E-state index contributed by atoms with van der Waals surface area (Å²) in [4.78, 5) is 22.8. The van der Waals surface area contributed by atoms with Gasteiger partial charge in [-0.3, -0.25) is 0 Å². The number of hydrogen-bond donors (Lipinski definition) is 2. The number of esters is 1. The molecular formula is C16H15N3O4. The molecule has 0 radical (unpaired) electrons. The lowest BCUT2D eigenvalue weighted by Crippen LogP contribution is -2.14. The highest BCUT2D eigenvalue weighted by Crippen LogP contribution is 2.31. The van der Waals surface area contributed by atoms with Gasteiger partial charge in [0.05, 0.1) is 17.7 Å². The Hall–Kier alpha value is -3.09. The molecule has 0 saturated heterocycles. The normalized spacial score (nSPS) is 10.7. The van der Waals surface area contributed by atoms with Crippen LogP contribution in [0.1, 0.15) is 6.92 Å². The number of H-pyrrole nitrogens is 1. The van der Waals surface area contributed by atoms with E-state index in [2.05, 4.69) is 15.0 Å². The second-order valence-corrected chi connectivity index (χ2v) is 4.73. The van der Waals surface area contributed by atoms with Gasteiger partial charge in [-0.25, -0.2) is 14.8 Å². The van der Waals surface area contributed by atoms with Crippen LogP contribution in [0.5, 0.6) is 11.5 Å². The average Bonchev–Trinajstić information content (AvgIpc) is 2.97. The first-order chi connectivity index (χ1) is 11.2. The van der Waals surface area contributed by atoms with Gasteiger partial charge >= 0.3 is 5.97 Å². The van der Waals surface area contributed by atoms with Crippen LogP contribution >= 0.6 is 0 Å². The Bertz CT molecular complexity index is 811.